The maximum atomic E-state index is 12.1. The van der Waals surface area contributed by atoms with Crippen molar-refractivity contribution in [1.82, 2.24) is 4.98 Å². The molecule has 1 atom stereocenters. The fourth-order valence-electron chi connectivity index (χ4n) is 2.17. The van der Waals surface area contributed by atoms with Crippen LogP contribution in [0.3, 0.4) is 0 Å². The standard InChI is InChI=1S/C18H20N2O3/c1-12(18(22)23-3)10-14-5-8-16(9-6-14)20-17(21)15-7-4-13(2)19-11-15/h4-9,11-12H,10H2,1-3H3,(H,20,21)/t12-/m1/s1. The average molecular weight is 312 g/mol. The minimum absolute atomic E-state index is 0.195. The van der Waals surface area contributed by atoms with Gasteiger partial charge >= 0.3 is 5.97 Å². The molecule has 0 radical (unpaired) electrons. The molecule has 1 aromatic carbocycles. The zero-order chi connectivity index (χ0) is 16.8. The van der Waals surface area contributed by atoms with Crippen LogP contribution in [0.15, 0.2) is 42.6 Å². The van der Waals surface area contributed by atoms with Crippen molar-refractivity contribution in [2.24, 2.45) is 5.92 Å². The van der Waals surface area contributed by atoms with Gasteiger partial charge in [0.25, 0.3) is 5.91 Å². The maximum Gasteiger partial charge on any atom is 0.308 e. The van der Waals surface area contributed by atoms with Crippen LogP contribution in [0.2, 0.25) is 0 Å². The van der Waals surface area contributed by atoms with Crippen LogP contribution in [0.25, 0.3) is 0 Å². The number of nitrogens with one attached hydrogen (secondary N) is 1. The Balaban J connectivity index is 1.98. The number of hydrogen-bond donors (Lipinski definition) is 1. The van der Waals surface area contributed by atoms with E-state index in [1.165, 1.54) is 7.11 Å². The van der Waals surface area contributed by atoms with E-state index in [9.17, 15) is 9.59 Å². The fourth-order valence-corrected chi connectivity index (χ4v) is 2.17. The van der Waals surface area contributed by atoms with Crippen LogP contribution < -0.4 is 5.32 Å². The summed E-state index contributed by atoms with van der Waals surface area (Å²) in [6.45, 7) is 3.70. The normalized spacial score (nSPS) is 11.6. The van der Waals surface area contributed by atoms with E-state index in [4.69, 9.17) is 4.74 Å². The minimum Gasteiger partial charge on any atom is -0.469 e. The predicted molar refractivity (Wildman–Crippen MR) is 88.3 cm³/mol. The van der Waals surface area contributed by atoms with Crippen molar-refractivity contribution in [2.45, 2.75) is 20.3 Å². The predicted octanol–water partition coefficient (Wildman–Crippen LogP) is 2.99. The number of ether oxygens (including phenoxy) is 1. The number of aryl methyl sites for hydroxylation is 1. The molecule has 0 saturated heterocycles. The number of carbonyl (C=O) groups is 2. The van der Waals surface area contributed by atoms with E-state index in [2.05, 4.69) is 10.3 Å². The molecule has 0 fully saturated rings. The Morgan fingerprint density at radius 1 is 1.17 bits per heavy atom. The van der Waals surface area contributed by atoms with Crippen molar-refractivity contribution in [2.75, 3.05) is 12.4 Å². The lowest BCUT2D eigenvalue weighted by Crippen LogP contribution is -2.15. The number of nitrogens with zero attached hydrogens (tertiary/aromatic N) is 1. The summed E-state index contributed by atoms with van der Waals surface area (Å²) in [4.78, 5) is 27.6. The molecule has 120 valence electrons. The molecule has 0 unspecified atom stereocenters. The number of rotatable bonds is 5. The van der Waals surface area contributed by atoms with Crippen LogP contribution in [0, 0.1) is 12.8 Å². The third-order valence-electron chi connectivity index (χ3n) is 3.53. The first-order chi connectivity index (χ1) is 11.0. The van der Waals surface area contributed by atoms with Gasteiger partial charge in [0.2, 0.25) is 0 Å². The van der Waals surface area contributed by atoms with Crippen molar-refractivity contribution >= 4 is 17.6 Å². The SMILES string of the molecule is COC(=O)[C@H](C)Cc1ccc(NC(=O)c2ccc(C)nc2)cc1. The largest absolute Gasteiger partial charge is 0.469 e. The molecule has 0 bridgehead atoms. The van der Waals surface area contributed by atoms with Crippen LogP contribution in [-0.2, 0) is 16.0 Å². The van der Waals surface area contributed by atoms with Gasteiger partial charge in [-0.3, -0.25) is 14.6 Å². The molecule has 5 nitrogen and oxygen atoms in total. The van der Waals surface area contributed by atoms with Gasteiger partial charge in [-0.05, 0) is 43.2 Å². The number of esters is 1. The van der Waals surface area contributed by atoms with Gasteiger partial charge in [0.15, 0.2) is 0 Å². The summed E-state index contributed by atoms with van der Waals surface area (Å²) < 4.78 is 4.72. The monoisotopic (exact) mass is 312 g/mol. The quantitative estimate of drug-likeness (QED) is 0.862. The number of pyridine rings is 1. The van der Waals surface area contributed by atoms with Gasteiger partial charge in [-0.1, -0.05) is 19.1 Å². The van der Waals surface area contributed by atoms with E-state index in [0.717, 1.165) is 11.3 Å². The maximum absolute atomic E-state index is 12.1. The highest BCUT2D eigenvalue weighted by Gasteiger charge is 2.13. The van der Waals surface area contributed by atoms with E-state index >= 15 is 0 Å². The van der Waals surface area contributed by atoms with Crippen LogP contribution in [0.4, 0.5) is 5.69 Å². The number of carbonyl (C=O) groups excluding carboxylic acids is 2. The molecule has 1 N–H and O–H groups in total. The average Bonchev–Trinajstić information content (AvgIpc) is 2.56. The number of methoxy groups -OCH3 is 1. The van der Waals surface area contributed by atoms with E-state index in [0.29, 0.717) is 17.7 Å². The van der Waals surface area contributed by atoms with Crippen molar-refractivity contribution < 1.29 is 14.3 Å². The molecule has 5 heteroatoms. The third-order valence-corrected chi connectivity index (χ3v) is 3.53. The lowest BCUT2D eigenvalue weighted by molar-refractivity contribution is -0.144. The highest BCUT2D eigenvalue weighted by molar-refractivity contribution is 6.04. The Kier molecular flexibility index (Phi) is 5.46. The molecule has 0 spiro atoms. The van der Waals surface area contributed by atoms with Crippen molar-refractivity contribution in [3.05, 3.63) is 59.4 Å². The molecular formula is C18H20N2O3. The molecule has 2 rings (SSSR count). The second kappa shape index (κ2) is 7.54. The second-order valence-electron chi connectivity index (χ2n) is 5.47. The number of hydrogen-bond acceptors (Lipinski definition) is 4. The summed E-state index contributed by atoms with van der Waals surface area (Å²) in [6, 6.07) is 11.0. The molecular weight excluding hydrogens is 292 g/mol. The van der Waals surface area contributed by atoms with Gasteiger partial charge in [-0.15, -0.1) is 0 Å². The number of benzene rings is 1. The van der Waals surface area contributed by atoms with Crippen LogP contribution >= 0.6 is 0 Å². The highest BCUT2D eigenvalue weighted by Crippen LogP contribution is 2.15. The zero-order valence-corrected chi connectivity index (χ0v) is 13.5. The first kappa shape index (κ1) is 16.7. The fraction of sp³-hybridized carbons (Fsp3) is 0.278. The Bertz CT molecular complexity index is 678. The first-order valence-electron chi connectivity index (χ1n) is 7.40. The Hall–Kier alpha value is -2.69. The minimum atomic E-state index is -0.228. The van der Waals surface area contributed by atoms with Gasteiger partial charge < -0.3 is 10.1 Å². The van der Waals surface area contributed by atoms with Gasteiger partial charge in [0.1, 0.15) is 0 Å². The number of aromatic nitrogens is 1. The molecule has 0 saturated carbocycles. The number of amides is 1. The molecule has 23 heavy (non-hydrogen) atoms. The molecule has 0 aliphatic carbocycles. The zero-order valence-electron chi connectivity index (χ0n) is 13.5. The van der Waals surface area contributed by atoms with Crippen LogP contribution in [0.5, 0.6) is 0 Å². The van der Waals surface area contributed by atoms with Crippen molar-refractivity contribution in [3.63, 3.8) is 0 Å². The molecule has 1 heterocycles. The highest BCUT2D eigenvalue weighted by atomic mass is 16.5. The van der Waals surface area contributed by atoms with Gasteiger partial charge in [-0.2, -0.15) is 0 Å². The summed E-state index contributed by atoms with van der Waals surface area (Å²) in [6.07, 6.45) is 2.15. The molecule has 0 aliphatic heterocycles. The van der Waals surface area contributed by atoms with E-state index in [1.807, 2.05) is 38.1 Å². The van der Waals surface area contributed by atoms with E-state index in [-0.39, 0.29) is 17.8 Å². The Morgan fingerprint density at radius 2 is 1.87 bits per heavy atom. The summed E-state index contributed by atoms with van der Waals surface area (Å²) >= 11 is 0. The van der Waals surface area contributed by atoms with Crippen LogP contribution in [0.1, 0.15) is 28.5 Å². The van der Waals surface area contributed by atoms with Crippen molar-refractivity contribution in [3.8, 4) is 0 Å². The number of anilines is 1. The Labute approximate surface area is 135 Å². The second-order valence-corrected chi connectivity index (χ2v) is 5.47. The molecule has 1 amide bonds. The topological polar surface area (TPSA) is 68.3 Å². The van der Waals surface area contributed by atoms with Gasteiger partial charge in [0.05, 0.1) is 18.6 Å². The van der Waals surface area contributed by atoms with Crippen LogP contribution in [-0.4, -0.2) is 24.0 Å². The molecule has 2 aromatic rings. The summed E-state index contributed by atoms with van der Waals surface area (Å²) in [5.74, 6) is -0.624. The summed E-state index contributed by atoms with van der Waals surface area (Å²) in [7, 11) is 1.39. The van der Waals surface area contributed by atoms with Crippen molar-refractivity contribution in [1.29, 1.82) is 0 Å². The molecule has 0 aliphatic rings. The summed E-state index contributed by atoms with van der Waals surface area (Å²) in [5.41, 5.74) is 3.09. The first-order valence-corrected chi connectivity index (χ1v) is 7.40. The summed E-state index contributed by atoms with van der Waals surface area (Å²) in [5, 5.41) is 2.82. The lowest BCUT2D eigenvalue weighted by atomic mass is 10.0. The molecule has 1 aromatic heterocycles. The Morgan fingerprint density at radius 3 is 2.43 bits per heavy atom. The van der Waals surface area contributed by atoms with Gasteiger partial charge in [0, 0.05) is 17.6 Å². The van der Waals surface area contributed by atoms with E-state index < -0.39 is 0 Å². The third kappa shape index (κ3) is 4.64. The van der Waals surface area contributed by atoms with Gasteiger partial charge in [-0.25, -0.2) is 0 Å². The smallest absolute Gasteiger partial charge is 0.308 e. The lowest BCUT2D eigenvalue weighted by Gasteiger charge is -2.10. The van der Waals surface area contributed by atoms with E-state index in [1.54, 1.807) is 18.3 Å².